The number of likely N-dealkylation sites (N-methyl/N-ethyl adjacent to an activating group) is 1. The minimum Gasteiger partial charge on any atom is -0.383 e. The molecule has 0 aliphatic heterocycles. The van der Waals surface area contributed by atoms with Crippen LogP contribution in [0.2, 0.25) is 0 Å². The normalized spacial score (nSPS) is 15.5. The van der Waals surface area contributed by atoms with Gasteiger partial charge in [0.25, 0.3) is 0 Å². The van der Waals surface area contributed by atoms with Gasteiger partial charge in [-0.05, 0) is 19.9 Å². The van der Waals surface area contributed by atoms with Crippen LogP contribution in [0.3, 0.4) is 0 Å². The van der Waals surface area contributed by atoms with E-state index in [1.54, 1.807) is 7.11 Å². The van der Waals surface area contributed by atoms with Crippen molar-refractivity contribution in [2.75, 3.05) is 45.7 Å². The molecule has 0 unspecified atom stereocenters. The van der Waals surface area contributed by atoms with E-state index in [0.717, 1.165) is 37.2 Å². The van der Waals surface area contributed by atoms with E-state index >= 15 is 0 Å². The van der Waals surface area contributed by atoms with Gasteiger partial charge in [-0.2, -0.15) is 4.37 Å². The van der Waals surface area contributed by atoms with Crippen molar-refractivity contribution in [3.63, 3.8) is 0 Å². The third-order valence-corrected chi connectivity index (χ3v) is 3.52. The lowest BCUT2D eigenvalue weighted by Gasteiger charge is -2.15. The molecule has 96 valence electrons. The molecule has 1 aromatic heterocycles. The Kier molecular flexibility index (Phi) is 4.70. The Hall–Kier alpha value is -0.720. The summed E-state index contributed by atoms with van der Waals surface area (Å²) < 4.78 is 9.39. The summed E-state index contributed by atoms with van der Waals surface area (Å²) in [7, 11) is 3.82. The number of methoxy groups -OCH3 is 1. The first kappa shape index (κ1) is 12.7. The van der Waals surface area contributed by atoms with E-state index in [1.807, 2.05) is 0 Å². The van der Waals surface area contributed by atoms with Crippen molar-refractivity contribution in [2.24, 2.45) is 0 Å². The summed E-state index contributed by atoms with van der Waals surface area (Å²) in [6, 6.07) is 0. The number of hydrogen-bond acceptors (Lipinski definition) is 6. The summed E-state index contributed by atoms with van der Waals surface area (Å²) in [5.41, 5.74) is 0. The van der Waals surface area contributed by atoms with Crippen molar-refractivity contribution in [2.45, 2.75) is 18.8 Å². The summed E-state index contributed by atoms with van der Waals surface area (Å²) in [6.07, 6.45) is 2.52. The van der Waals surface area contributed by atoms with Gasteiger partial charge in [0.1, 0.15) is 5.82 Å². The Morgan fingerprint density at radius 1 is 1.47 bits per heavy atom. The first-order valence-corrected chi connectivity index (χ1v) is 6.82. The van der Waals surface area contributed by atoms with Gasteiger partial charge in [-0.15, -0.1) is 0 Å². The minimum absolute atomic E-state index is 0.645. The number of aromatic nitrogens is 2. The van der Waals surface area contributed by atoms with Crippen molar-refractivity contribution >= 4 is 16.7 Å². The van der Waals surface area contributed by atoms with Gasteiger partial charge in [0.05, 0.1) is 6.61 Å². The molecule has 0 aromatic carbocycles. The van der Waals surface area contributed by atoms with Crippen molar-refractivity contribution in [3.05, 3.63) is 5.82 Å². The molecule has 0 amide bonds. The van der Waals surface area contributed by atoms with Crippen LogP contribution in [0, 0.1) is 0 Å². The maximum Gasteiger partial charge on any atom is 0.202 e. The maximum atomic E-state index is 5.03. The smallest absolute Gasteiger partial charge is 0.202 e. The fourth-order valence-corrected chi connectivity index (χ4v) is 2.20. The molecule has 0 atom stereocenters. The van der Waals surface area contributed by atoms with Crippen LogP contribution in [0.4, 0.5) is 5.13 Å². The molecule has 1 fully saturated rings. The molecule has 0 saturated heterocycles. The Labute approximate surface area is 106 Å². The predicted molar refractivity (Wildman–Crippen MR) is 69.7 cm³/mol. The molecular weight excluding hydrogens is 236 g/mol. The number of rotatable bonds is 8. The SMILES string of the molecule is COCCN(C)CCNc1nc(C2CC2)ns1. The van der Waals surface area contributed by atoms with Crippen LogP contribution in [0.15, 0.2) is 0 Å². The van der Waals surface area contributed by atoms with Gasteiger partial charge >= 0.3 is 0 Å². The van der Waals surface area contributed by atoms with E-state index < -0.39 is 0 Å². The van der Waals surface area contributed by atoms with Crippen molar-refractivity contribution < 1.29 is 4.74 Å². The van der Waals surface area contributed by atoms with Gasteiger partial charge in [-0.3, -0.25) is 0 Å². The van der Waals surface area contributed by atoms with Crippen LogP contribution in [-0.4, -0.2) is 54.7 Å². The van der Waals surface area contributed by atoms with E-state index in [4.69, 9.17) is 4.74 Å². The molecule has 6 heteroatoms. The molecule has 17 heavy (non-hydrogen) atoms. The highest BCUT2D eigenvalue weighted by Gasteiger charge is 2.27. The average Bonchev–Trinajstić information content (AvgIpc) is 3.07. The zero-order chi connectivity index (χ0) is 12.1. The van der Waals surface area contributed by atoms with Gasteiger partial charge in [0.2, 0.25) is 5.13 Å². The molecule has 1 aliphatic rings. The lowest BCUT2D eigenvalue weighted by Crippen LogP contribution is -2.28. The molecule has 5 nitrogen and oxygen atoms in total. The second kappa shape index (κ2) is 6.28. The molecule has 2 rings (SSSR count). The van der Waals surface area contributed by atoms with E-state index in [0.29, 0.717) is 5.92 Å². The molecule has 1 aromatic rings. The molecule has 0 bridgehead atoms. The highest BCUT2D eigenvalue weighted by atomic mass is 32.1. The summed E-state index contributed by atoms with van der Waals surface area (Å²) in [4.78, 5) is 6.72. The lowest BCUT2D eigenvalue weighted by atomic mass is 10.4. The third kappa shape index (κ3) is 4.22. The summed E-state index contributed by atoms with van der Waals surface area (Å²) >= 11 is 1.47. The van der Waals surface area contributed by atoms with E-state index in [9.17, 15) is 0 Å². The van der Waals surface area contributed by atoms with Crippen LogP contribution in [0.1, 0.15) is 24.6 Å². The zero-order valence-electron chi connectivity index (χ0n) is 10.5. The highest BCUT2D eigenvalue weighted by molar-refractivity contribution is 7.09. The lowest BCUT2D eigenvalue weighted by molar-refractivity contribution is 0.163. The summed E-state index contributed by atoms with van der Waals surface area (Å²) in [6.45, 7) is 3.63. The van der Waals surface area contributed by atoms with Gasteiger partial charge < -0.3 is 15.0 Å². The summed E-state index contributed by atoms with van der Waals surface area (Å²) in [5, 5.41) is 4.27. The fourth-order valence-electron chi connectivity index (χ4n) is 1.53. The summed E-state index contributed by atoms with van der Waals surface area (Å²) in [5.74, 6) is 1.68. The Morgan fingerprint density at radius 3 is 3.00 bits per heavy atom. The molecule has 1 aliphatic carbocycles. The monoisotopic (exact) mass is 256 g/mol. The second-order valence-corrected chi connectivity index (χ2v) is 5.21. The van der Waals surface area contributed by atoms with Crippen molar-refractivity contribution in [1.29, 1.82) is 0 Å². The predicted octanol–water partition coefficient (Wildman–Crippen LogP) is 1.41. The zero-order valence-corrected chi connectivity index (χ0v) is 11.3. The van der Waals surface area contributed by atoms with Gasteiger partial charge in [0.15, 0.2) is 0 Å². The van der Waals surface area contributed by atoms with Crippen molar-refractivity contribution in [3.8, 4) is 0 Å². The molecule has 0 radical (unpaired) electrons. The molecular formula is C11H20N4OS. The Bertz CT molecular complexity index is 340. The molecule has 1 N–H and O–H groups in total. The molecule has 0 spiro atoms. The van der Waals surface area contributed by atoms with Crippen LogP contribution >= 0.6 is 11.5 Å². The van der Waals surface area contributed by atoms with Crippen LogP contribution < -0.4 is 5.32 Å². The molecule has 1 saturated carbocycles. The van der Waals surface area contributed by atoms with Crippen LogP contribution in [0.5, 0.6) is 0 Å². The topological polar surface area (TPSA) is 50.3 Å². The average molecular weight is 256 g/mol. The van der Waals surface area contributed by atoms with Crippen molar-refractivity contribution in [1.82, 2.24) is 14.3 Å². The van der Waals surface area contributed by atoms with Gasteiger partial charge in [-0.25, -0.2) is 4.98 Å². The second-order valence-electron chi connectivity index (χ2n) is 4.45. The van der Waals surface area contributed by atoms with Gasteiger partial charge in [-0.1, -0.05) is 0 Å². The van der Waals surface area contributed by atoms with Crippen LogP contribution in [0.25, 0.3) is 0 Å². The Balaban J connectivity index is 1.63. The largest absolute Gasteiger partial charge is 0.383 e. The quantitative estimate of drug-likeness (QED) is 0.762. The van der Waals surface area contributed by atoms with E-state index in [2.05, 4.69) is 26.6 Å². The molecule has 1 heterocycles. The first-order chi connectivity index (χ1) is 8.29. The number of ether oxygens (including phenoxy) is 1. The number of anilines is 1. The van der Waals surface area contributed by atoms with E-state index in [-0.39, 0.29) is 0 Å². The standard InChI is InChI=1S/C11H20N4OS/c1-15(7-8-16-2)6-5-12-11-13-10(14-17-11)9-3-4-9/h9H,3-8H2,1-2H3,(H,12,13,14). The first-order valence-electron chi connectivity index (χ1n) is 6.04. The minimum atomic E-state index is 0.645. The third-order valence-electron chi connectivity index (χ3n) is 2.83. The maximum absolute atomic E-state index is 5.03. The van der Waals surface area contributed by atoms with Crippen LogP contribution in [-0.2, 0) is 4.74 Å². The highest BCUT2D eigenvalue weighted by Crippen LogP contribution is 2.39. The number of nitrogens with zero attached hydrogens (tertiary/aromatic N) is 3. The fraction of sp³-hybridized carbons (Fsp3) is 0.818. The van der Waals surface area contributed by atoms with Gasteiger partial charge in [0, 0.05) is 44.2 Å². The number of hydrogen-bond donors (Lipinski definition) is 1. The van der Waals surface area contributed by atoms with E-state index in [1.165, 1.54) is 24.4 Å². The number of nitrogens with one attached hydrogen (secondary N) is 1. The Morgan fingerprint density at radius 2 is 2.29 bits per heavy atom.